The molecule has 0 saturated carbocycles. The third kappa shape index (κ3) is 2.53. The van der Waals surface area contributed by atoms with Crippen molar-refractivity contribution in [3.05, 3.63) is 48.4 Å². The van der Waals surface area contributed by atoms with E-state index in [0.717, 1.165) is 0 Å². The average Bonchev–Trinajstić information content (AvgIpc) is 2.96. The molecule has 1 N–H and O–H groups in total. The first-order valence-corrected chi connectivity index (χ1v) is 7.22. The van der Waals surface area contributed by atoms with Crippen LogP contribution in [0.1, 0.15) is 10.5 Å². The van der Waals surface area contributed by atoms with Crippen LogP contribution >= 0.6 is 0 Å². The number of fused-ring (bicyclic) bond motifs is 1. The lowest BCUT2D eigenvalue weighted by atomic mass is 10.1. The Morgan fingerprint density at radius 3 is 2.71 bits per heavy atom. The molecule has 0 radical (unpaired) electrons. The van der Waals surface area contributed by atoms with Crippen LogP contribution in [0.5, 0.6) is 0 Å². The van der Waals surface area contributed by atoms with Gasteiger partial charge in [-0.25, -0.2) is 23.3 Å². The highest BCUT2D eigenvalue weighted by Crippen LogP contribution is 2.30. The zero-order chi connectivity index (χ0) is 16.7. The van der Waals surface area contributed by atoms with Gasteiger partial charge >= 0.3 is 0 Å². The number of aromatic nitrogens is 4. The van der Waals surface area contributed by atoms with Crippen LogP contribution < -0.4 is 10.2 Å². The Balaban J connectivity index is 1.62. The summed E-state index contributed by atoms with van der Waals surface area (Å²) in [7, 11) is 0. The summed E-state index contributed by atoms with van der Waals surface area (Å²) < 4.78 is 27.4. The molecule has 0 atom stereocenters. The van der Waals surface area contributed by atoms with Crippen LogP contribution in [0.4, 0.5) is 20.4 Å². The highest BCUT2D eigenvalue weighted by Gasteiger charge is 2.44. The second kappa shape index (κ2) is 5.22. The number of amides is 1. The number of hydrogen-bond donors (Lipinski definition) is 1. The second-order valence-electron chi connectivity index (χ2n) is 5.49. The maximum absolute atomic E-state index is 13.0. The standard InChI is InChI=1S/C15H12F2N6O/c16-15(17)8-22(9-15)13-5-4-12-19-7-10(23(12)21-13)14(24)20-11-3-1-2-6-18-11/h1-7H,8-9H2,(H,18,20,24). The Morgan fingerprint density at radius 2 is 2.00 bits per heavy atom. The van der Waals surface area contributed by atoms with Gasteiger partial charge < -0.3 is 10.2 Å². The lowest BCUT2D eigenvalue weighted by Gasteiger charge is -2.39. The third-order valence-corrected chi connectivity index (χ3v) is 3.66. The summed E-state index contributed by atoms with van der Waals surface area (Å²) in [6.45, 7) is -0.759. The Bertz CT molecular complexity index is 903. The van der Waals surface area contributed by atoms with Crippen molar-refractivity contribution in [2.45, 2.75) is 5.92 Å². The fourth-order valence-electron chi connectivity index (χ4n) is 2.48. The summed E-state index contributed by atoms with van der Waals surface area (Å²) in [5.41, 5.74) is 0.655. The first kappa shape index (κ1) is 14.5. The number of anilines is 2. The highest BCUT2D eigenvalue weighted by molar-refractivity contribution is 6.02. The molecule has 3 aromatic heterocycles. The van der Waals surface area contributed by atoms with E-state index in [4.69, 9.17) is 0 Å². The molecular weight excluding hydrogens is 318 g/mol. The molecule has 24 heavy (non-hydrogen) atoms. The van der Waals surface area contributed by atoms with Crippen molar-refractivity contribution in [3.63, 3.8) is 0 Å². The predicted molar refractivity (Wildman–Crippen MR) is 82.3 cm³/mol. The second-order valence-corrected chi connectivity index (χ2v) is 5.49. The third-order valence-electron chi connectivity index (χ3n) is 3.66. The molecule has 122 valence electrons. The van der Waals surface area contributed by atoms with Crippen molar-refractivity contribution < 1.29 is 13.6 Å². The number of carbonyl (C=O) groups excluding carboxylic acids is 1. The molecule has 0 bridgehead atoms. The van der Waals surface area contributed by atoms with E-state index >= 15 is 0 Å². The molecule has 1 saturated heterocycles. The quantitative estimate of drug-likeness (QED) is 0.793. The smallest absolute Gasteiger partial charge is 0.282 e. The number of rotatable bonds is 3. The zero-order valence-electron chi connectivity index (χ0n) is 12.4. The summed E-state index contributed by atoms with van der Waals surface area (Å²) in [6, 6.07) is 8.38. The Morgan fingerprint density at radius 1 is 1.17 bits per heavy atom. The van der Waals surface area contributed by atoms with Crippen molar-refractivity contribution in [2.24, 2.45) is 0 Å². The number of pyridine rings is 1. The minimum Gasteiger partial charge on any atom is -0.343 e. The molecule has 0 spiro atoms. The van der Waals surface area contributed by atoms with Gasteiger partial charge in [0, 0.05) is 6.20 Å². The van der Waals surface area contributed by atoms with Gasteiger partial charge in [0.1, 0.15) is 11.6 Å². The number of nitrogens with zero attached hydrogens (tertiary/aromatic N) is 5. The van der Waals surface area contributed by atoms with E-state index in [1.807, 2.05) is 0 Å². The molecule has 1 amide bonds. The summed E-state index contributed by atoms with van der Waals surface area (Å²) >= 11 is 0. The maximum atomic E-state index is 13.0. The van der Waals surface area contributed by atoms with Gasteiger partial charge in [0.05, 0.1) is 19.3 Å². The number of imidazole rings is 1. The Hall–Kier alpha value is -3.10. The molecule has 0 aromatic carbocycles. The largest absolute Gasteiger partial charge is 0.343 e. The number of halogens is 2. The monoisotopic (exact) mass is 330 g/mol. The normalized spacial score (nSPS) is 16.0. The molecule has 1 aliphatic rings. The summed E-state index contributed by atoms with van der Waals surface area (Å²) in [6.07, 6.45) is 2.94. The summed E-state index contributed by atoms with van der Waals surface area (Å²) in [4.78, 5) is 21.9. The van der Waals surface area contributed by atoms with Crippen molar-refractivity contribution in [2.75, 3.05) is 23.3 Å². The van der Waals surface area contributed by atoms with Crippen LogP contribution in [0.3, 0.4) is 0 Å². The van der Waals surface area contributed by atoms with Gasteiger partial charge in [-0.15, -0.1) is 5.10 Å². The van der Waals surface area contributed by atoms with Crippen molar-refractivity contribution in [3.8, 4) is 0 Å². The van der Waals surface area contributed by atoms with Crippen LogP contribution in [-0.4, -0.2) is 44.5 Å². The van der Waals surface area contributed by atoms with E-state index < -0.39 is 11.8 Å². The topological polar surface area (TPSA) is 75.4 Å². The molecular formula is C15H12F2N6O. The van der Waals surface area contributed by atoms with Gasteiger partial charge in [-0.1, -0.05) is 6.07 Å². The van der Waals surface area contributed by atoms with Gasteiger partial charge in [-0.2, -0.15) is 0 Å². The lowest BCUT2D eigenvalue weighted by molar-refractivity contribution is -0.0268. The molecule has 3 aromatic rings. The van der Waals surface area contributed by atoms with E-state index in [-0.39, 0.29) is 18.8 Å². The molecule has 4 heterocycles. The molecule has 0 unspecified atom stereocenters. The van der Waals surface area contributed by atoms with Crippen LogP contribution in [-0.2, 0) is 0 Å². The molecule has 9 heteroatoms. The van der Waals surface area contributed by atoms with Crippen molar-refractivity contribution in [1.82, 2.24) is 19.6 Å². The van der Waals surface area contributed by atoms with E-state index in [1.54, 1.807) is 36.5 Å². The zero-order valence-corrected chi connectivity index (χ0v) is 12.4. The minimum atomic E-state index is -2.69. The fourth-order valence-corrected chi connectivity index (χ4v) is 2.48. The van der Waals surface area contributed by atoms with Crippen LogP contribution in [0.25, 0.3) is 5.65 Å². The van der Waals surface area contributed by atoms with E-state index in [2.05, 4.69) is 20.4 Å². The van der Waals surface area contributed by atoms with Gasteiger partial charge in [0.15, 0.2) is 11.3 Å². The molecule has 0 aliphatic carbocycles. The Labute approximate surface area is 134 Å². The Kier molecular flexibility index (Phi) is 3.15. The van der Waals surface area contributed by atoms with Gasteiger partial charge in [0.25, 0.3) is 11.8 Å². The number of alkyl halides is 2. The van der Waals surface area contributed by atoms with E-state index in [0.29, 0.717) is 17.3 Å². The minimum absolute atomic E-state index is 0.199. The first-order chi connectivity index (χ1) is 11.5. The molecule has 4 rings (SSSR count). The van der Waals surface area contributed by atoms with E-state index in [1.165, 1.54) is 15.6 Å². The van der Waals surface area contributed by atoms with Gasteiger partial charge in [-0.05, 0) is 24.3 Å². The predicted octanol–water partition coefficient (Wildman–Crippen LogP) is 1.83. The number of nitrogens with one attached hydrogen (secondary N) is 1. The van der Waals surface area contributed by atoms with Crippen LogP contribution in [0.2, 0.25) is 0 Å². The van der Waals surface area contributed by atoms with Crippen molar-refractivity contribution in [1.29, 1.82) is 0 Å². The lowest BCUT2D eigenvalue weighted by Crippen LogP contribution is -2.56. The van der Waals surface area contributed by atoms with Crippen molar-refractivity contribution >= 4 is 23.2 Å². The van der Waals surface area contributed by atoms with Gasteiger partial charge in [0.2, 0.25) is 0 Å². The molecule has 7 nitrogen and oxygen atoms in total. The van der Waals surface area contributed by atoms with E-state index in [9.17, 15) is 13.6 Å². The number of hydrogen-bond acceptors (Lipinski definition) is 5. The highest BCUT2D eigenvalue weighted by atomic mass is 19.3. The van der Waals surface area contributed by atoms with Gasteiger partial charge in [-0.3, -0.25) is 4.79 Å². The summed E-state index contributed by atoms with van der Waals surface area (Å²) in [5.74, 6) is -2.35. The maximum Gasteiger partial charge on any atom is 0.282 e. The average molecular weight is 330 g/mol. The summed E-state index contributed by atoms with van der Waals surface area (Å²) in [5, 5.41) is 6.89. The first-order valence-electron chi connectivity index (χ1n) is 7.22. The molecule has 1 fully saturated rings. The van der Waals surface area contributed by atoms with Crippen LogP contribution in [0.15, 0.2) is 42.7 Å². The molecule has 1 aliphatic heterocycles. The van der Waals surface area contributed by atoms with Crippen LogP contribution in [0, 0.1) is 0 Å². The fraction of sp³-hybridized carbons (Fsp3) is 0.200. The SMILES string of the molecule is O=C(Nc1ccccn1)c1cnc2ccc(N3CC(F)(F)C3)nn12. The number of carbonyl (C=O) groups is 1.